The minimum absolute atomic E-state index is 0.104. The maximum absolute atomic E-state index is 12.2. The minimum Gasteiger partial charge on any atom is -0.376 e. The van der Waals surface area contributed by atoms with Gasteiger partial charge < -0.3 is 14.6 Å². The van der Waals surface area contributed by atoms with Gasteiger partial charge >= 0.3 is 0 Å². The van der Waals surface area contributed by atoms with Crippen LogP contribution in [-0.2, 0) is 15.1 Å². The van der Waals surface area contributed by atoms with Gasteiger partial charge in [0.05, 0.1) is 0 Å². The molecule has 5 nitrogen and oxygen atoms in total. The lowest BCUT2D eigenvalue weighted by atomic mass is 9.84. The Kier molecular flexibility index (Phi) is 13.4. The minimum atomic E-state index is -1.29. The maximum Gasteiger partial charge on any atom is 0.194 e. The van der Waals surface area contributed by atoms with Crippen molar-refractivity contribution in [2.75, 3.05) is 13.2 Å². The third-order valence-electron chi connectivity index (χ3n) is 8.97. The highest BCUT2D eigenvalue weighted by atomic mass is 79.9. The zero-order valence-corrected chi connectivity index (χ0v) is 37.0. The number of halogens is 5. The van der Waals surface area contributed by atoms with Gasteiger partial charge in [-0.3, -0.25) is 9.59 Å². The molecule has 2 aliphatic rings. The molecule has 0 saturated heterocycles. The zero-order valence-electron chi connectivity index (χ0n) is 29.1. The number of benzene rings is 6. The molecule has 0 saturated carbocycles. The van der Waals surface area contributed by atoms with Crippen LogP contribution in [0.3, 0.4) is 0 Å². The number of rotatable bonds is 7. The summed E-state index contributed by atoms with van der Waals surface area (Å²) in [5, 5.41) is 11.8. The van der Waals surface area contributed by atoms with Crippen LogP contribution < -0.4 is 0 Å². The summed E-state index contributed by atoms with van der Waals surface area (Å²) in [6.45, 7) is 5.22. The first-order chi connectivity index (χ1) is 26.0. The second-order valence-corrected chi connectivity index (χ2v) is 16.9. The molecule has 6 aromatic rings. The Balaban J connectivity index is 0.000000145. The maximum atomic E-state index is 12.2. The predicted octanol–water partition coefficient (Wildman–Crippen LogP) is 13.2. The highest BCUT2D eigenvalue weighted by molar-refractivity contribution is 9.11. The molecule has 274 valence electrons. The predicted molar refractivity (Wildman–Crippen MR) is 232 cm³/mol. The normalized spacial score (nSPS) is 12.8. The number of carbonyl (C=O) groups excluding carboxylic acids is 2. The summed E-state index contributed by atoms with van der Waals surface area (Å²) < 4.78 is 15.7. The number of ether oxygens (including phenoxy) is 2. The van der Waals surface area contributed by atoms with Crippen LogP contribution in [-0.4, -0.2) is 30.4 Å². The lowest BCUT2D eigenvalue weighted by molar-refractivity contribution is -0.140. The van der Waals surface area contributed by atoms with Crippen molar-refractivity contribution in [1.29, 1.82) is 0 Å². The van der Waals surface area contributed by atoms with Gasteiger partial charge in [-0.25, -0.2) is 0 Å². The van der Waals surface area contributed by atoms with Crippen molar-refractivity contribution >= 4 is 91.7 Å². The van der Waals surface area contributed by atoms with Crippen LogP contribution in [0.5, 0.6) is 0 Å². The van der Waals surface area contributed by atoms with Crippen molar-refractivity contribution in [2.24, 2.45) is 0 Å². The molecule has 10 heteroatoms. The lowest BCUT2D eigenvalue weighted by Crippen LogP contribution is -2.26. The van der Waals surface area contributed by atoms with Crippen molar-refractivity contribution in [1.82, 2.24) is 0 Å². The van der Waals surface area contributed by atoms with Crippen LogP contribution >= 0.6 is 79.6 Å². The topological polar surface area (TPSA) is 72.8 Å². The Bertz CT molecular complexity index is 2250. The first kappa shape index (κ1) is 40.6. The number of hydrogen-bond acceptors (Lipinski definition) is 5. The van der Waals surface area contributed by atoms with E-state index in [9.17, 15) is 14.7 Å². The molecule has 0 heterocycles. The van der Waals surface area contributed by atoms with Gasteiger partial charge in [0, 0.05) is 69.0 Å². The van der Waals surface area contributed by atoms with Crippen molar-refractivity contribution in [2.45, 2.75) is 25.7 Å². The Morgan fingerprint density at radius 2 is 1.04 bits per heavy atom. The number of aldehydes is 1. The number of aliphatic hydroxyl groups is 1. The fourth-order valence-electron chi connectivity index (χ4n) is 6.61. The molecule has 0 fully saturated rings. The molecule has 54 heavy (non-hydrogen) atoms. The second-order valence-electron chi connectivity index (χ2n) is 12.3. The molecule has 6 aromatic carbocycles. The summed E-state index contributed by atoms with van der Waals surface area (Å²) >= 11 is 17.2. The third-order valence-corrected chi connectivity index (χ3v) is 11.4. The third kappa shape index (κ3) is 8.51. The standard InChI is InChI=1S/C20H12Br2O2.C13H6Br2O.C11H15BrO2/c21-14-4-6-16-17-7-5-15(22)10-19(17)20(24,18(16)9-14)13-3-1-2-12(8-13)11-23;14-7-1-3-9-10-4-2-8(15)6-12(10)13(16)11(9)5-7;1-3-13-11(14-4-2)9-6-5-7-10(12)8-9/h1-11,24H;1-6H;5-8,11H,3-4H2,1-2H3. The Morgan fingerprint density at radius 1 is 0.574 bits per heavy atom. The van der Waals surface area contributed by atoms with E-state index in [1.807, 2.05) is 117 Å². The van der Waals surface area contributed by atoms with Gasteiger partial charge in [0.15, 0.2) is 12.1 Å². The molecule has 0 unspecified atom stereocenters. The number of fused-ring (bicyclic) bond motifs is 6. The lowest BCUT2D eigenvalue weighted by Gasteiger charge is -2.27. The van der Waals surface area contributed by atoms with E-state index in [2.05, 4.69) is 79.6 Å². The fourth-order valence-corrected chi connectivity index (χ4v) is 8.48. The average molecular weight is 1040 g/mol. The van der Waals surface area contributed by atoms with Gasteiger partial charge in [-0.2, -0.15) is 0 Å². The van der Waals surface area contributed by atoms with E-state index in [0.29, 0.717) is 24.3 Å². The van der Waals surface area contributed by atoms with Crippen LogP contribution in [0.2, 0.25) is 0 Å². The molecular weight excluding hydrogens is 1010 g/mol. The van der Waals surface area contributed by atoms with E-state index in [1.165, 1.54) is 0 Å². The van der Waals surface area contributed by atoms with Gasteiger partial charge in [-0.05, 0) is 108 Å². The van der Waals surface area contributed by atoms with E-state index < -0.39 is 5.60 Å². The second kappa shape index (κ2) is 17.8. The van der Waals surface area contributed by atoms with Gasteiger partial charge in [-0.1, -0.05) is 134 Å². The summed E-state index contributed by atoms with van der Waals surface area (Å²) in [5.74, 6) is 0.104. The number of carbonyl (C=O) groups is 2. The molecule has 0 atom stereocenters. The van der Waals surface area contributed by atoms with Crippen LogP contribution in [0.1, 0.15) is 68.7 Å². The molecule has 0 aliphatic heterocycles. The molecule has 0 bridgehead atoms. The monoisotopic (exact) mass is 1040 g/mol. The van der Waals surface area contributed by atoms with E-state index in [4.69, 9.17) is 9.47 Å². The number of hydrogen-bond donors (Lipinski definition) is 1. The number of ketones is 1. The first-order valence-electron chi connectivity index (χ1n) is 17.0. The van der Waals surface area contributed by atoms with Crippen molar-refractivity contribution in [3.63, 3.8) is 0 Å². The molecule has 0 spiro atoms. The molecular formula is C44H33Br5O5. The van der Waals surface area contributed by atoms with Gasteiger partial charge in [0.25, 0.3) is 0 Å². The Morgan fingerprint density at radius 3 is 1.52 bits per heavy atom. The Hall–Kier alpha value is -3.06. The summed E-state index contributed by atoms with van der Waals surface area (Å²) in [7, 11) is 0. The SMILES string of the molecule is CCOC(OCC)c1cccc(Br)c1.O=C1c2cc(Br)ccc2-c2ccc(Br)cc21.O=Cc1cccc(C2(O)c3cc(Br)ccc3-c3ccc(Br)cc32)c1. The van der Waals surface area contributed by atoms with Crippen molar-refractivity contribution < 1.29 is 24.2 Å². The first-order valence-corrected chi connectivity index (χ1v) is 21.0. The van der Waals surface area contributed by atoms with E-state index >= 15 is 0 Å². The molecule has 8 rings (SSSR count). The quantitative estimate of drug-likeness (QED) is 0.127. The van der Waals surface area contributed by atoms with Gasteiger partial charge in [-0.15, -0.1) is 0 Å². The van der Waals surface area contributed by atoms with Gasteiger partial charge in [0.1, 0.15) is 11.9 Å². The molecule has 0 aromatic heterocycles. The van der Waals surface area contributed by atoms with E-state index in [0.717, 1.165) is 78.7 Å². The molecule has 2 aliphatic carbocycles. The summed E-state index contributed by atoms with van der Waals surface area (Å²) in [5.41, 5.74) is 8.21. The zero-order chi connectivity index (χ0) is 38.6. The van der Waals surface area contributed by atoms with Crippen LogP contribution in [0.25, 0.3) is 22.3 Å². The summed E-state index contributed by atoms with van der Waals surface area (Å²) in [6, 6.07) is 38.6. The van der Waals surface area contributed by atoms with Crippen LogP contribution in [0.15, 0.2) is 144 Å². The molecule has 0 amide bonds. The van der Waals surface area contributed by atoms with E-state index in [-0.39, 0.29) is 12.1 Å². The van der Waals surface area contributed by atoms with Crippen molar-refractivity contribution in [3.05, 3.63) is 183 Å². The highest BCUT2D eigenvalue weighted by Gasteiger charge is 2.43. The smallest absolute Gasteiger partial charge is 0.194 e. The highest BCUT2D eigenvalue weighted by Crippen LogP contribution is 2.52. The summed E-state index contributed by atoms with van der Waals surface area (Å²) in [4.78, 5) is 23.3. The van der Waals surface area contributed by atoms with Crippen LogP contribution in [0, 0.1) is 0 Å². The fraction of sp³-hybridized carbons (Fsp3) is 0.136. The Labute approximate surface area is 356 Å². The van der Waals surface area contributed by atoms with Crippen LogP contribution in [0.4, 0.5) is 0 Å². The molecule has 0 radical (unpaired) electrons. The average Bonchev–Trinajstić information content (AvgIpc) is 3.58. The van der Waals surface area contributed by atoms with Gasteiger partial charge in [0.2, 0.25) is 0 Å². The van der Waals surface area contributed by atoms with E-state index in [1.54, 1.807) is 18.2 Å². The summed E-state index contributed by atoms with van der Waals surface area (Å²) in [6.07, 6.45) is 0.549. The molecule has 1 N–H and O–H groups in total. The largest absolute Gasteiger partial charge is 0.376 e. The van der Waals surface area contributed by atoms with Crippen molar-refractivity contribution in [3.8, 4) is 22.3 Å².